The largest absolute Gasteiger partial charge is 0.351 e. The molecule has 0 saturated heterocycles. The van der Waals surface area contributed by atoms with Gasteiger partial charge >= 0.3 is 0 Å². The maximum Gasteiger partial charge on any atom is 0.259 e. The summed E-state index contributed by atoms with van der Waals surface area (Å²) >= 11 is 12.5. The number of anilines is 3. The zero-order valence-electron chi connectivity index (χ0n) is 14.9. The molecule has 0 unspecified atom stereocenters. The van der Waals surface area contributed by atoms with E-state index in [1.54, 1.807) is 30.5 Å². The van der Waals surface area contributed by atoms with Gasteiger partial charge in [0.25, 0.3) is 5.91 Å². The molecule has 0 aliphatic rings. The van der Waals surface area contributed by atoms with Crippen molar-refractivity contribution in [1.82, 2.24) is 9.38 Å². The lowest BCUT2D eigenvalue weighted by molar-refractivity contribution is 0.102. The van der Waals surface area contributed by atoms with Gasteiger partial charge in [-0.2, -0.15) is 0 Å². The molecule has 2 heterocycles. The van der Waals surface area contributed by atoms with Gasteiger partial charge in [-0.05, 0) is 43.3 Å². The number of aromatic nitrogens is 2. The summed E-state index contributed by atoms with van der Waals surface area (Å²) in [5, 5.41) is 7.14. The minimum Gasteiger partial charge on any atom is -0.351 e. The van der Waals surface area contributed by atoms with Crippen LogP contribution in [-0.2, 0) is 0 Å². The van der Waals surface area contributed by atoms with Gasteiger partial charge in [0, 0.05) is 18.1 Å². The maximum atomic E-state index is 12.9. The summed E-state index contributed by atoms with van der Waals surface area (Å²) in [7, 11) is 0. The van der Waals surface area contributed by atoms with Gasteiger partial charge in [-0.25, -0.2) is 4.98 Å². The highest BCUT2D eigenvalue weighted by Gasteiger charge is 2.15. The number of fused-ring (bicyclic) bond motifs is 1. The summed E-state index contributed by atoms with van der Waals surface area (Å²) in [4.78, 5) is 17.3. The van der Waals surface area contributed by atoms with Crippen LogP contribution in [0.25, 0.3) is 5.65 Å². The van der Waals surface area contributed by atoms with E-state index < -0.39 is 0 Å². The van der Waals surface area contributed by atoms with Crippen LogP contribution in [0.3, 0.4) is 0 Å². The number of para-hydroxylation sites is 3. The molecular formula is C21H16Cl2N4O. The van der Waals surface area contributed by atoms with Crippen LogP contribution in [0.15, 0.2) is 67.0 Å². The van der Waals surface area contributed by atoms with Gasteiger partial charge < -0.3 is 15.0 Å². The number of aryl methyl sites for hydroxylation is 1. The van der Waals surface area contributed by atoms with Crippen LogP contribution in [0.2, 0.25) is 10.0 Å². The lowest BCUT2D eigenvalue weighted by Gasteiger charge is -2.15. The number of hydrogen-bond donors (Lipinski definition) is 2. The Bertz CT molecular complexity index is 1170. The summed E-state index contributed by atoms with van der Waals surface area (Å²) in [5.74, 6) is -0.254. The van der Waals surface area contributed by atoms with Crippen molar-refractivity contribution in [2.45, 2.75) is 6.92 Å². The normalized spacial score (nSPS) is 10.8. The highest BCUT2D eigenvalue weighted by atomic mass is 35.5. The molecule has 0 spiro atoms. The van der Waals surface area contributed by atoms with Crippen LogP contribution < -0.4 is 10.6 Å². The molecule has 28 heavy (non-hydrogen) atoms. The Kier molecular flexibility index (Phi) is 4.94. The highest BCUT2D eigenvalue weighted by molar-refractivity contribution is 6.39. The fourth-order valence-electron chi connectivity index (χ4n) is 2.95. The van der Waals surface area contributed by atoms with E-state index in [0.717, 1.165) is 5.69 Å². The van der Waals surface area contributed by atoms with Crippen LogP contribution in [0.1, 0.15) is 16.1 Å². The molecule has 0 bridgehead atoms. The zero-order valence-corrected chi connectivity index (χ0v) is 16.4. The number of carbonyl (C=O) groups excluding carboxylic acids is 1. The first kappa shape index (κ1) is 18.3. The molecule has 7 heteroatoms. The highest BCUT2D eigenvalue weighted by Crippen LogP contribution is 2.35. The molecule has 0 aliphatic heterocycles. The fraction of sp³-hybridized carbons (Fsp3) is 0.0476. The zero-order chi connectivity index (χ0) is 19.7. The van der Waals surface area contributed by atoms with Gasteiger partial charge in [-0.1, -0.05) is 41.4 Å². The second-order valence-electron chi connectivity index (χ2n) is 6.24. The van der Waals surface area contributed by atoms with Crippen LogP contribution in [0.4, 0.5) is 17.1 Å². The Morgan fingerprint density at radius 3 is 2.43 bits per heavy atom. The number of amides is 1. The van der Waals surface area contributed by atoms with Gasteiger partial charge in [0.05, 0.1) is 32.7 Å². The standard InChI is InChI=1S/C21H16Cl2N4O/c1-13-12-24-20-14(6-5-11-27(13)20)21(28)26-18-10-3-2-9-17(18)25-19-15(22)7-4-8-16(19)23/h2-12,25H,1H3,(H,26,28). The molecule has 2 aromatic heterocycles. The average molecular weight is 411 g/mol. The topological polar surface area (TPSA) is 58.4 Å². The minimum atomic E-state index is -0.254. The van der Waals surface area contributed by atoms with Crippen molar-refractivity contribution in [3.05, 3.63) is 88.3 Å². The summed E-state index contributed by atoms with van der Waals surface area (Å²) in [6.07, 6.45) is 3.62. The maximum absolute atomic E-state index is 12.9. The number of halogens is 2. The molecular weight excluding hydrogens is 395 g/mol. The number of hydrogen-bond acceptors (Lipinski definition) is 3. The van der Waals surface area contributed by atoms with E-state index in [-0.39, 0.29) is 5.91 Å². The van der Waals surface area contributed by atoms with Gasteiger partial charge in [0.15, 0.2) is 0 Å². The molecule has 1 amide bonds. The molecule has 0 radical (unpaired) electrons. The third-order valence-electron chi connectivity index (χ3n) is 4.36. The summed E-state index contributed by atoms with van der Waals surface area (Å²) < 4.78 is 1.88. The van der Waals surface area contributed by atoms with E-state index in [9.17, 15) is 4.79 Å². The lowest BCUT2D eigenvalue weighted by Crippen LogP contribution is -2.14. The minimum absolute atomic E-state index is 0.254. The first-order valence-corrected chi connectivity index (χ1v) is 9.34. The molecule has 4 aromatic rings. The summed E-state index contributed by atoms with van der Waals surface area (Å²) in [6.45, 7) is 1.94. The molecule has 0 saturated carbocycles. The van der Waals surface area contributed by atoms with Crippen LogP contribution in [-0.4, -0.2) is 15.3 Å². The number of imidazole rings is 1. The van der Waals surface area contributed by atoms with E-state index in [0.29, 0.717) is 38.3 Å². The second kappa shape index (κ2) is 7.54. The van der Waals surface area contributed by atoms with Crippen molar-refractivity contribution in [2.24, 2.45) is 0 Å². The monoisotopic (exact) mass is 410 g/mol. The Hall–Kier alpha value is -3.02. The molecule has 2 N–H and O–H groups in total. The lowest BCUT2D eigenvalue weighted by atomic mass is 10.2. The average Bonchev–Trinajstić information content (AvgIpc) is 3.07. The van der Waals surface area contributed by atoms with E-state index in [2.05, 4.69) is 15.6 Å². The van der Waals surface area contributed by atoms with Gasteiger partial charge in [0.2, 0.25) is 0 Å². The van der Waals surface area contributed by atoms with E-state index in [1.165, 1.54) is 0 Å². The smallest absolute Gasteiger partial charge is 0.259 e. The predicted octanol–water partition coefficient (Wildman–Crippen LogP) is 5.95. The van der Waals surface area contributed by atoms with Gasteiger partial charge in [-0.3, -0.25) is 4.79 Å². The number of benzene rings is 2. The van der Waals surface area contributed by atoms with Crippen LogP contribution in [0.5, 0.6) is 0 Å². The molecule has 140 valence electrons. The van der Waals surface area contributed by atoms with E-state index in [4.69, 9.17) is 23.2 Å². The number of rotatable bonds is 4. The Labute approximate surface area is 171 Å². The summed E-state index contributed by atoms with van der Waals surface area (Å²) in [5.41, 5.74) is 3.92. The fourth-order valence-corrected chi connectivity index (χ4v) is 3.45. The molecule has 0 fully saturated rings. The van der Waals surface area contributed by atoms with Crippen molar-refractivity contribution in [1.29, 1.82) is 0 Å². The number of nitrogens with zero attached hydrogens (tertiary/aromatic N) is 2. The Morgan fingerprint density at radius 1 is 0.964 bits per heavy atom. The van der Waals surface area contributed by atoms with Crippen LogP contribution >= 0.6 is 23.2 Å². The predicted molar refractivity (Wildman–Crippen MR) is 114 cm³/mol. The Morgan fingerprint density at radius 2 is 1.68 bits per heavy atom. The number of carbonyl (C=O) groups is 1. The molecule has 0 aliphatic carbocycles. The van der Waals surface area contributed by atoms with Gasteiger partial charge in [-0.15, -0.1) is 0 Å². The Balaban J connectivity index is 1.66. The molecule has 2 aromatic carbocycles. The quantitative estimate of drug-likeness (QED) is 0.437. The number of pyridine rings is 1. The van der Waals surface area contributed by atoms with Gasteiger partial charge in [0.1, 0.15) is 5.65 Å². The molecule has 0 atom stereocenters. The molecule has 5 nitrogen and oxygen atoms in total. The van der Waals surface area contributed by atoms with Crippen LogP contribution in [0, 0.1) is 6.92 Å². The third-order valence-corrected chi connectivity index (χ3v) is 4.99. The van der Waals surface area contributed by atoms with Crippen molar-refractivity contribution >= 4 is 51.8 Å². The first-order valence-electron chi connectivity index (χ1n) is 8.58. The SMILES string of the molecule is Cc1cnc2c(C(=O)Nc3ccccc3Nc3c(Cl)cccc3Cl)cccn12. The molecule has 4 rings (SSSR count). The second-order valence-corrected chi connectivity index (χ2v) is 7.05. The third kappa shape index (κ3) is 3.42. The van der Waals surface area contributed by atoms with Crippen molar-refractivity contribution < 1.29 is 4.79 Å². The first-order chi connectivity index (χ1) is 13.5. The summed E-state index contributed by atoms with van der Waals surface area (Å²) in [6, 6.07) is 16.2. The van der Waals surface area contributed by atoms with E-state index in [1.807, 2.05) is 47.9 Å². The van der Waals surface area contributed by atoms with E-state index >= 15 is 0 Å². The number of nitrogens with one attached hydrogen (secondary N) is 2. The van der Waals surface area contributed by atoms with Crippen molar-refractivity contribution in [3.8, 4) is 0 Å². The van der Waals surface area contributed by atoms with Crippen molar-refractivity contribution in [2.75, 3.05) is 10.6 Å². The van der Waals surface area contributed by atoms with Crippen molar-refractivity contribution in [3.63, 3.8) is 0 Å².